The molecule has 6 nitrogen and oxygen atoms in total. The largest absolute Gasteiger partial charge is 0.362 e. The molecule has 0 saturated heterocycles. The van der Waals surface area contributed by atoms with Crippen molar-refractivity contribution in [1.82, 2.24) is 0 Å². The molecule has 0 heterocycles. The van der Waals surface area contributed by atoms with Gasteiger partial charge in [-0.2, -0.15) is 0 Å². The van der Waals surface area contributed by atoms with Gasteiger partial charge < -0.3 is 10.6 Å². The summed E-state index contributed by atoms with van der Waals surface area (Å²) in [5.41, 5.74) is 9.99. The van der Waals surface area contributed by atoms with Crippen molar-refractivity contribution in [3.05, 3.63) is 34.4 Å². The minimum absolute atomic E-state index is 0.511. The van der Waals surface area contributed by atoms with Crippen LogP contribution in [-0.2, 0) is 0 Å². The van der Waals surface area contributed by atoms with Gasteiger partial charge in [-0.1, -0.05) is 12.2 Å². The molecule has 0 aromatic carbocycles. The highest BCUT2D eigenvalue weighted by molar-refractivity contribution is 6.21. The number of hydrogen-bond acceptors (Lipinski definition) is 3. The molecule has 64 valence electrons. The molecule has 0 spiro atoms. The van der Waals surface area contributed by atoms with Crippen molar-refractivity contribution >= 4 is 11.4 Å². The summed E-state index contributed by atoms with van der Waals surface area (Å²) in [6, 6.07) is 0. The number of rotatable bonds is 1. The van der Waals surface area contributed by atoms with Gasteiger partial charge in [0.2, 0.25) is 0 Å². The number of nitrogens with zero attached hydrogens (tertiary/aromatic N) is 6. The van der Waals surface area contributed by atoms with Crippen LogP contribution in [0.1, 0.15) is 6.92 Å². The molecule has 0 N–H and O–H groups in total. The standard InChI is InChI=1S/C7H6N6/c1-5-4-6(10-12-8)2-3-7(5)11-13-9/h2-4H,1H3. The van der Waals surface area contributed by atoms with Crippen LogP contribution in [0.25, 0.3) is 10.6 Å². The molecule has 6 heteroatoms. The molecule has 0 amide bonds. The Morgan fingerprint density at radius 2 is 2.23 bits per heavy atom. The van der Waals surface area contributed by atoms with Gasteiger partial charge in [-0.05, 0) is 24.3 Å². The zero-order valence-corrected chi connectivity index (χ0v) is 6.92. The molecule has 0 bridgehead atoms. The molecule has 0 unspecified atom stereocenters. The third-order valence-corrected chi connectivity index (χ3v) is 1.49. The lowest BCUT2D eigenvalue weighted by atomic mass is 10.0. The van der Waals surface area contributed by atoms with Crippen LogP contribution in [0.2, 0.25) is 0 Å². The summed E-state index contributed by atoms with van der Waals surface area (Å²) in [6.45, 7) is 1.78. The fraction of sp³-hybridized carbons (Fsp3) is 0.143. The monoisotopic (exact) mass is 174 g/mol. The topological polar surface area (TPSA) is 87.5 Å². The maximum atomic E-state index is 8.19. The number of hydrogen-bond donors (Lipinski definition) is 0. The minimum atomic E-state index is 0.511. The Bertz CT molecular complexity index is 378. The lowest BCUT2D eigenvalue weighted by molar-refractivity contribution is 1.22. The third-order valence-electron chi connectivity index (χ3n) is 1.49. The second-order valence-corrected chi connectivity index (χ2v) is 2.35. The van der Waals surface area contributed by atoms with Crippen molar-refractivity contribution in [3.63, 3.8) is 0 Å². The van der Waals surface area contributed by atoms with Crippen LogP contribution in [0.15, 0.2) is 39.2 Å². The van der Waals surface area contributed by atoms with Gasteiger partial charge in [-0.25, -0.2) is 0 Å². The van der Waals surface area contributed by atoms with E-state index in [1.807, 2.05) is 0 Å². The van der Waals surface area contributed by atoms with Gasteiger partial charge >= 0.3 is 5.08 Å². The van der Waals surface area contributed by atoms with E-state index in [1.54, 1.807) is 25.2 Å². The van der Waals surface area contributed by atoms with Gasteiger partial charge in [0.15, 0.2) is 10.8 Å². The van der Waals surface area contributed by atoms with Crippen LogP contribution in [0.5, 0.6) is 0 Å². The van der Waals surface area contributed by atoms with E-state index in [0.29, 0.717) is 11.4 Å². The summed E-state index contributed by atoms with van der Waals surface area (Å²) >= 11 is 0. The molecule has 0 saturated carbocycles. The predicted molar refractivity (Wildman–Crippen MR) is 48.6 cm³/mol. The zero-order valence-electron chi connectivity index (χ0n) is 6.92. The molecule has 1 aliphatic carbocycles. The summed E-state index contributed by atoms with van der Waals surface area (Å²) in [6.07, 6.45) is 4.86. The summed E-state index contributed by atoms with van der Waals surface area (Å²) in [4.78, 5) is 0. The predicted octanol–water partition coefficient (Wildman–Crippen LogP) is 2.09. The van der Waals surface area contributed by atoms with Crippen molar-refractivity contribution in [1.29, 1.82) is 5.39 Å². The van der Waals surface area contributed by atoms with Crippen molar-refractivity contribution in [2.24, 2.45) is 15.4 Å². The molecule has 0 aromatic heterocycles. The summed E-state index contributed by atoms with van der Waals surface area (Å²) < 4.78 is 0. The molecule has 1 aliphatic rings. The summed E-state index contributed by atoms with van der Waals surface area (Å²) in [5.74, 6) is 0. The van der Waals surface area contributed by atoms with Crippen LogP contribution in [0.4, 0.5) is 0 Å². The van der Waals surface area contributed by atoms with Gasteiger partial charge in [-0.3, -0.25) is 5.22 Å². The molecule has 0 radical (unpaired) electrons. The first-order valence-electron chi connectivity index (χ1n) is 3.49. The van der Waals surface area contributed by atoms with E-state index >= 15 is 0 Å². The molecular formula is C7H6N6. The van der Waals surface area contributed by atoms with Gasteiger partial charge in [0.1, 0.15) is 0 Å². The average Bonchev–Trinajstić information content (AvgIpc) is 2.10. The fourth-order valence-electron chi connectivity index (χ4n) is 0.914. The molecule has 0 fully saturated rings. The Hall–Kier alpha value is -2.16. The Kier molecular flexibility index (Phi) is 2.76. The fourth-order valence-corrected chi connectivity index (χ4v) is 0.914. The maximum absolute atomic E-state index is 8.19. The molecule has 0 aliphatic heterocycles. The van der Waals surface area contributed by atoms with E-state index in [1.165, 1.54) is 0 Å². The van der Waals surface area contributed by atoms with Gasteiger partial charge in [0.25, 0.3) is 5.39 Å². The summed E-state index contributed by atoms with van der Waals surface area (Å²) in [5, 5.41) is 20.4. The Morgan fingerprint density at radius 1 is 1.46 bits per heavy atom. The first-order valence-corrected chi connectivity index (χ1v) is 3.49. The quantitative estimate of drug-likeness (QED) is 0.259. The van der Waals surface area contributed by atoms with Crippen LogP contribution in [-0.4, -0.2) is 11.4 Å². The lowest BCUT2D eigenvalue weighted by Crippen LogP contribution is -2.04. The molecule has 0 aromatic rings. The van der Waals surface area contributed by atoms with Crippen LogP contribution < -0.4 is 0 Å². The molecule has 13 heavy (non-hydrogen) atoms. The minimum Gasteiger partial charge on any atom is -0.362 e. The third kappa shape index (κ3) is 2.13. The van der Waals surface area contributed by atoms with Crippen LogP contribution in [0, 0.1) is 5.39 Å². The van der Waals surface area contributed by atoms with Crippen LogP contribution in [0.3, 0.4) is 0 Å². The Morgan fingerprint density at radius 3 is 2.77 bits per heavy atom. The van der Waals surface area contributed by atoms with E-state index in [2.05, 4.69) is 20.5 Å². The van der Waals surface area contributed by atoms with E-state index < -0.39 is 0 Å². The van der Waals surface area contributed by atoms with Gasteiger partial charge in [0.05, 0.1) is 0 Å². The van der Waals surface area contributed by atoms with E-state index in [0.717, 1.165) is 5.57 Å². The van der Waals surface area contributed by atoms with Crippen molar-refractivity contribution in [3.8, 4) is 0 Å². The smallest absolute Gasteiger partial charge is 0.339 e. The zero-order chi connectivity index (χ0) is 9.68. The molecular weight excluding hydrogens is 168 g/mol. The molecule has 0 atom stereocenters. The van der Waals surface area contributed by atoms with E-state index in [4.69, 9.17) is 10.9 Å². The van der Waals surface area contributed by atoms with Crippen molar-refractivity contribution in [2.75, 3.05) is 0 Å². The number of diazo groups is 1. The first kappa shape index (κ1) is 8.93. The lowest BCUT2D eigenvalue weighted by Gasteiger charge is -2.05. The first-order chi connectivity index (χ1) is 6.27. The highest BCUT2D eigenvalue weighted by Gasteiger charge is 2.07. The maximum Gasteiger partial charge on any atom is 0.339 e. The Balaban J connectivity index is 2.99. The highest BCUT2D eigenvalue weighted by Crippen LogP contribution is 2.07. The van der Waals surface area contributed by atoms with Crippen molar-refractivity contribution in [2.45, 2.75) is 6.92 Å². The van der Waals surface area contributed by atoms with Gasteiger partial charge in [-0.15, -0.1) is 0 Å². The number of allylic oxidation sites excluding steroid dienone is 4. The Labute approximate surface area is 74.5 Å². The van der Waals surface area contributed by atoms with E-state index in [-0.39, 0.29) is 0 Å². The van der Waals surface area contributed by atoms with Crippen LogP contribution >= 0.6 is 0 Å². The second-order valence-electron chi connectivity index (χ2n) is 2.35. The van der Waals surface area contributed by atoms with Gasteiger partial charge in [0, 0.05) is 0 Å². The van der Waals surface area contributed by atoms with E-state index in [9.17, 15) is 0 Å². The highest BCUT2D eigenvalue weighted by atomic mass is 15.3. The molecule has 1 rings (SSSR count). The van der Waals surface area contributed by atoms with Crippen molar-refractivity contribution < 1.29 is 0 Å². The average molecular weight is 174 g/mol. The SMILES string of the molecule is CC1=CC(=NN=[N-])C=CC1=N[N+]#N. The summed E-state index contributed by atoms with van der Waals surface area (Å²) in [7, 11) is 0. The second kappa shape index (κ2) is 4.01. The normalized spacial score (nSPS) is 21.4.